The van der Waals surface area contributed by atoms with Gasteiger partial charge in [-0.2, -0.15) is 5.26 Å². The summed E-state index contributed by atoms with van der Waals surface area (Å²) in [4.78, 5) is 22.8. The number of hydrogen-bond donors (Lipinski definition) is 3. The topological polar surface area (TPSA) is 102 Å². The smallest absolute Gasteiger partial charge is 0.329 e. The second-order valence-corrected chi connectivity index (χ2v) is 4.51. The van der Waals surface area contributed by atoms with Crippen LogP contribution in [0, 0.1) is 11.3 Å². The molecule has 1 aliphatic rings. The summed E-state index contributed by atoms with van der Waals surface area (Å²) in [7, 11) is 0. The summed E-state index contributed by atoms with van der Waals surface area (Å²) in [5, 5.41) is 22.8. The molecule has 0 atom stereocenters. The van der Waals surface area contributed by atoms with E-state index in [4.69, 9.17) is 10.4 Å². The van der Waals surface area contributed by atoms with E-state index in [0.717, 1.165) is 6.42 Å². The van der Waals surface area contributed by atoms with Crippen LogP contribution in [0.5, 0.6) is 0 Å². The van der Waals surface area contributed by atoms with Gasteiger partial charge in [-0.25, -0.2) is 9.59 Å². The number of anilines is 1. The summed E-state index contributed by atoms with van der Waals surface area (Å²) < 4.78 is 0. The number of carboxylic acid groups (broad SMARTS) is 1. The Morgan fingerprint density at radius 2 is 1.89 bits per heavy atom. The number of carboxylic acids is 1. The lowest BCUT2D eigenvalue weighted by molar-refractivity contribution is -0.148. The third kappa shape index (κ3) is 2.65. The first-order chi connectivity index (χ1) is 9.05. The van der Waals surface area contributed by atoms with Crippen molar-refractivity contribution in [2.45, 2.75) is 24.8 Å². The van der Waals surface area contributed by atoms with E-state index in [9.17, 15) is 9.59 Å². The lowest BCUT2D eigenvalue weighted by Gasteiger charge is -2.38. The second kappa shape index (κ2) is 4.98. The predicted octanol–water partition coefficient (Wildman–Crippen LogP) is 1.69. The van der Waals surface area contributed by atoms with Crippen LogP contribution in [0.2, 0.25) is 0 Å². The molecule has 2 amide bonds. The van der Waals surface area contributed by atoms with E-state index in [2.05, 4.69) is 10.6 Å². The average Bonchev–Trinajstić information content (AvgIpc) is 2.34. The average molecular weight is 259 g/mol. The van der Waals surface area contributed by atoms with Crippen LogP contribution in [-0.4, -0.2) is 22.6 Å². The molecule has 1 aliphatic carbocycles. The monoisotopic (exact) mass is 259 g/mol. The quantitative estimate of drug-likeness (QED) is 0.768. The van der Waals surface area contributed by atoms with Crippen LogP contribution in [0.4, 0.5) is 10.5 Å². The number of urea groups is 1. The number of aliphatic carboxylic acids is 1. The molecule has 0 heterocycles. The second-order valence-electron chi connectivity index (χ2n) is 4.51. The Bertz CT molecular complexity index is 541. The molecule has 0 aromatic heterocycles. The van der Waals surface area contributed by atoms with Gasteiger partial charge in [0.1, 0.15) is 5.54 Å². The van der Waals surface area contributed by atoms with Crippen molar-refractivity contribution in [1.29, 1.82) is 5.26 Å². The maximum Gasteiger partial charge on any atom is 0.329 e. The van der Waals surface area contributed by atoms with Crippen LogP contribution >= 0.6 is 0 Å². The molecule has 1 saturated carbocycles. The van der Waals surface area contributed by atoms with Gasteiger partial charge in [0.2, 0.25) is 0 Å². The van der Waals surface area contributed by atoms with Crippen molar-refractivity contribution in [3.63, 3.8) is 0 Å². The van der Waals surface area contributed by atoms with Gasteiger partial charge in [-0.15, -0.1) is 0 Å². The van der Waals surface area contributed by atoms with Gasteiger partial charge in [-0.1, -0.05) is 0 Å². The van der Waals surface area contributed by atoms with Gasteiger partial charge in [0.05, 0.1) is 11.6 Å². The Hall–Kier alpha value is -2.55. The van der Waals surface area contributed by atoms with Gasteiger partial charge in [-0.3, -0.25) is 0 Å². The number of carbonyl (C=O) groups is 2. The summed E-state index contributed by atoms with van der Waals surface area (Å²) in [5.74, 6) is -1.01. The first-order valence-corrected chi connectivity index (χ1v) is 5.88. The summed E-state index contributed by atoms with van der Waals surface area (Å²) in [6.45, 7) is 0. The van der Waals surface area contributed by atoms with E-state index in [-0.39, 0.29) is 0 Å². The zero-order valence-corrected chi connectivity index (χ0v) is 10.1. The fourth-order valence-corrected chi connectivity index (χ4v) is 1.93. The van der Waals surface area contributed by atoms with Gasteiger partial charge in [-0.05, 0) is 43.5 Å². The number of carbonyl (C=O) groups excluding carboxylic acids is 1. The van der Waals surface area contributed by atoms with Gasteiger partial charge < -0.3 is 15.7 Å². The van der Waals surface area contributed by atoms with E-state index in [1.54, 1.807) is 24.3 Å². The van der Waals surface area contributed by atoms with Crippen LogP contribution < -0.4 is 10.6 Å². The highest BCUT2D eigenvalue weighted by molar-refractivity contribution is 5.94. The van der Waals surface area contributed by atoms with Crippen LogP contribution in [0.25, 0.3) is 0 Å². The van der Waals surface area contributed by atoms with E-state index in [0.29, 0.717) is 24.1 Å². The highest BCUT2D eigenvalue weighted by atomic mass is 16.4. The zero-order valence-electron chi connectivity index (χ0n) is 10.1. The van der Waals surface area contributed by atoms with Crippen molar-refractivity contribution in [3.05, 3.63) is 29.8 Å². The molecule has 0 aliphatic heterocycles. The van der Waals surface area contributed by atoms with Crippen molar-refractivity contribution in [1.82, 2.24) is 5.32 Å². The molecule has 6 nitrogen and oxygen atoms in total. The standard InChI is InChI=1S/C13H13N3O3/c14-8-9-2-4-10(5-3-9)15-12(19)16-13(11(17)18)6-1-7-13/h2-5H,1,6-7H2,(H,17,18)(H2,15,16,19). The molecule has 3 N–H and O–H groups in total. The third-order valence-electron chi connectivity index (χ3n) is 3.24. The van der Waals surface area contributed by atoms with Crippen molar-refractivity contribution >= 4 is 17.7 Å². The third-order valence-corrected chi connectivity index (χ3v) is 3.24. The van der Waals surface area contributed by atoms with Crippen molar-refractivity contribution in [3.8, 4) is 6.07 Å². The fourth-order valence-electron chi connectivity index (χ4n) is 1.93. The Kier molecular flexibility index (Phi) is 3.38. The minimum absolute atomic E-state index is 0.448. The normalized spacial score (nSPS) is 15.7. The Morgan fingerprint density at radius 3 is 2.32 bits per heavy atom. The molecule has 1 aromatic rings. The lowest BCUT2D eigenvalue weighted by Crippen LogP contribution is -2.60. The highest BCUT2D eigenvalue weighted by Crippen LogP contribution is 2.32. The molecule has 2 rings (SSSR count). The van der Waals surface area contributed by atoms with Gasteiger partial charge in [0.25, 0.3) is 0 Å². The van der Waals surface area contributed by atoms with Crippen LogP contribution in [0.1, 0.15) is 24.8 Å². The summed E-state index contributed by atoms with van der Waals surface area (Å²) in [6, 6.07) is 7.75. The Labute approximate surface area is 110 Å². The molecular weight excluding hydrogens is 246 g/mol. The first-order valence-electron chi connectivity index (χ1n) is 5.88. The van der Waals surface area contributed by atoms with Gasteiger partial charge >= 0.3 is 12.0 Å². The van der Waals surface area contributed by atoms with Crippen LogP contribution in [0.3, 0.4) is 0 Å². The van der Waals surface area contributed by atoms with E-state index in [1.165, 1.54) is 0 Å². The number of rotatable bonds is 3. The number of amides is 2. The van der Waals surface area contributed by atoms with Crippen LogP contribution in [-0.2, 0) is 4.79 Å². The van der Waals surface area contributed by atoms with Gasteiger partial charge in [0.15, 0.2) is 0 Å². The van der Waals surface area contributed by atoms with E-state index >= 15 is 0 Å². The lowest BCUT2D eigenvalue weighted by atomic mass is 9.77. The molecule has 0 saturated heterocycles. The number of benzene rings is 1. The molecule has 98 valence electrons. The van der Waals surface area contributed by atoms with E-state index < -0.39 is 17.5 Å². The minimum Gasteiger partial charge on any atom is -0.480 e. The molecule has 1 fully saturated rings. The zero-order chi connectivity index (χ0) is 13.9. The highest BCUT2D eigenvalue weighted by Gasteiger charge is 2.45. The summed E-state index contributed by atoms with van der Waals surface area (Å²) in [5.41, 5.74) is -0.125. The Morgan fingerprint density at radius 1 is 1.26 bits per heavy atom. The molecular formula is C13H13N3O3. The molecule has 1 aromatic carbocycles. The largest absolute Gasteiger partial charge is 0.480 e. The van der Waals surface area contributed by atoms with Crippen molar-refractivity contribution < 1.29 is 14.7 Å². The molecule has 6 heteroatoms. The molecule has 0 unspecified atom stereocenters. The molecule has 19 heavy (non-hydrogen) atoms. The summed E-state index contributed by atoms with van der Waals surface area (Å²) in [6.07, 6.45) is 1.69. The Balaban J connectivity index is 1.97. The van der Waals surface area contributed by atoms with E-state index in [1.807, 2.05) is 6.07 Å². The number of hydrogen-bond acceptors (Lipinski definition) is 3. The number of nitrogens with one attached hydrogen (secondary N) is 2. The van der Waals surface area contributed by atoms with Crippen LogP contribution in [0.15, 0.2) is 24.3 Å². The van der Waals surface area contributed by atoms with Crippen molar-refractivity contribution in [2.75, 3.05) is 5.32 Å². The molecule has 0 bridgehead atoms. The first kappa shape index (κ1) is 12.9. The maximum atomic E-state index is 11.7. The maximum absolute atomic E-state index is 11.7. The predicted molar refractivity (Wildman–Crippen MR) is 67.5 cm³/mol. The SMILES string of the molecule is N#Cc1ccc(NC(=O)NC2(C(=O)O)CCC2)cc1. The fraction of sp³-hybridized carbons (Fsp3) is 0.308. The molecule has 0 spiro atoms. The summed E-state index contributed by atoms with van der Waals surface area (Å²) >= 11 is 0. The minimum atomic E-state index is -1.13. The van der Waals surface area contributed by atoms with Crippen molar-refractivity contribution in [2.24, 2.45) is 0 Å². The molecule has 0 radical (unpaired) electrons. The number of nitriles is 1. The van der Waals surface area contributed by atoms with Gasteiger partial charge in [0, 0.05) is 5.69 Å². The number of nitrogens with zero attached hydrogens (tertiary/aromatic N) is 1.